The summed E-state index contributed by atoms with van der Waals surface area (Å²) in [6, 6.07) is 21.1. The maximum atomic E-state index is 12.1. The summed E-state index contributed by atoms with van der Waals surface area (Å²) in [6.45, 7) is 0.458. The van der Waals surface area contributed by atoms with E-state index in [1.165, 1.54) is 0 Å². The number of primary amides is 1. The summed E-state index contributed by atoms with van der Waals surface area (Å²) < 4.78 is 0. The van der Waals surface area contributed by atoms with Gasteiger partial charge in [0.1, 0.15) is 0 Å². The molecule has 0 aliphatic carbocycles. The SMILES string of the molecule is NC(=O)c1ccc2ccccc2c1CCNC(=O)Cc1ccccc1. The van der Waals surface area contributed by atoms with Crippen molar-refractivity contribution in [3.8, 4) is 0 Å². The highest BCUT2D eigenvalue weighted by atomic mass is 16.1. The molecule has 0 radical (unpaired) electrons. The predicted octanol–water partition coefficient (Wildman–Crippen LogP) is 2.84. The summed E-state index contributed by atoms with van der Waals surface area (Å²) in [7, 11) is 0. The number of rotatable bonds is 6. The Kier molecular flexibility index (Phi) is 5.09. The quantitative estimate of drug-likeness (QED) is 0.728. The molecule has 2 amide bonds. The van der Waals surface area contributed by atoms with E-state index in [4.69, 9.17) is 5.73 Å². The molecule has 0 saturated carbocycles. The number of hydrogen-bond acceptors (Lipinski definition) is 2. The second-order valence-corrected chi connectivity index (χ2v) is 5.94. The van der Waals surface area contributed by atoms with Crippen molar-refractivity contribution in [2.45, 2.75) is 12.8 Å². The molecule has 3 aromatic carbocycles. The molecule has 0 aliphatic heterocycles. The summed E-state index contributed by atoms with van der Waals surface area (Å²) >= 11 is 0. The Labute approximate surface area is 146 Å². The fraction of sp³-hybridized carbons (Fsp3) is 0.143. The molecule has 0 saturated heterocycles. The van der Waals surface area contributed by atoms with E-state index in [0.717, 1.165) is 21.9 Å². The van der Waals surface area contributed by atoms with Gasteiger partial charge in [0.25, 0.3) is 0 Å². The van der Waals surface area contributed by atoms with Gasteiger partial charge in [0.2, 0.25) is 11.8 Å². The number of benzene rings is 3. The molecule has 0 unspecified atom stereocenters. The summed E-state index contributed by atoms with van der Waals surface area (Å²) in [5, 5.41) is 4.97. The molecule has 4 heteroatoms. The molecule has 126 valence electrons. The van der Waals surface area contributed by atoms with Gasteiger partial charge in [-0.3, -0.25) is 9.59 Å². The molecule has 0 fully saturated rings. The lowest BCUT2D eigenvalue weighted by molar-refractivity contribution is -0.120. The molecule has 3 N–H and O–H groups in total. The molecular weight excluding hydrogens is 312 g/mol. The fourth-order valence-electron chi connectivity index (χ4n) is 3.01. The Balaban J connectivity index is 1.71. The van der Waals surface area contributed by atoms with Crippen LogP contribution in [0.4, 0.5) is 0 Å². The second kappa shape index (κ2) is 7.62. The summed E-state index contributed by atoms with van der Waals surface area (Å²) in [4.78, 5) is 23.8. The maximum Gasteiger partial charge on any atom is 0.248 e. The third-order valence-corrected chi connectivity index (χ3v) is 4.21. The molecule has 0 atom stereocenters. The van der Waals surface area contributed by atoms with Crippen LogP contribution in [-0.2, 0) is 17.6 Å². The van der Waals surface area contributed by atoms with Crippen molar-refractivity contribution in [3.05, 3.63) is 83.4 Å². The van der Waals surface area contributed by atoms with Crippen LogP contribution in [0, 0.1) is 0 Å². The summed E-state index contributed by atoms with van der Waals surface area (Å²) in [5.41, 5.74) is 7.88. The molecule has 3 rings (SSSR count). The minimum absolute atomic E-state index is 0.0351. The van der Waals surface area contributed by atoms with Crippen molar-refractivity contribution < 1.29 is 9.59 Å². The van der Waals surface area contributed by atoms with Gasteiger partial charge >= 0.3 is 0 Å². The van der Waals surface area contributed by atoms with Crippen molar-refractivity contribution >= 4 is 22.6 Å². The predicted molar refractivity (Wildman–Crippen MR) is 99.3 cm³/mol. The lowest BCUT2D eigenvalue weighted by atomic mass is 9.96. The molecule has 0 aliphatic rings. The van der Waals surface area contributed by atoms with E-state index >= 15 is 0 Å². The molecule has 4 nitrogen and oxygen atoms in total. The Morgan fingerprint density at radius 3 is 2.36 bits per heavy atom. The smallest absolute Gasteiger partial charge is 0.248 e. The average molecular weight is 332 g/mol. The summed E-state index contributed by atoms with van der Waals surface area (Å²) in [6.07, 6.45) is 0.902. The van der Waals surface area contributed by atoms with E-state index in [-0.39, 0.29) is 5.91 Å². The van der Waals surface area contributed by atoms with Crippen molar-refractivity contribution in [3.63, 3.8) is 0 Å². The summed E-state index contributed by atoms with van der Waals surface area (Å²) in [5.74, 6) is -0.483. The molecule has 3 aromatic rings. The van der Waals surface area contributed by atoms with Crippen LogP contribution in [0.5, 0.6) is 0 Å². The topological polar surface area (TPSA) is 72.2 Å². The second-order valence-electron chi connectivity index (χ2n) is 5.94. The van der Waals surface area contributed by atoms with Crippen LogP contribution < -0.4 is 11.1 Å². The minimum atomic E-state index is -0.448. The van der Waals surface area contributed by atoms with E-state index in [1.807, 2.05) is 60.7 Å². The van der Waals surface area contributed by atoms with Crippen molar-refractivity contribution in [1.82, 2.24) is 5.32 Å². The van der Waals surface area contributed by atoms with Gasteiger partial charge < -0.3 is 11.1 Å². The van der Waals surface area contributed by atoms with Gasteiger partial charge in [0.15, 0.2) is 0 Å². The Bertz CT molecular complexity index is 904. The van der Waals surface area contributed by atoms with E-state index in [0.29, 0.717) is 24.9 Å². The third-order valence-electron chi connectivity index (χ3n) is 4.21. The molecule has 0 aromatic heterocycles. The van der Waals surface area contributed by atoms with Crippen LogP contribution in [0.3, 0.4) is 0 Å². The van der Waals surface area contributed by atoms with E-state index in [9.17, 15) is 9.59 Å². The fourth-order valence-corrected chi connectivity index (χ4v) is 3.01. The van der Waals surface area contributed by atoms with Gasteiger partial charge in [-0.05, 0) is 34.4 Å². The first kappa shape index (κ1) is 16.7. The first-order chi connectivity index (χ1) is 12.1. The Morgan fingerprint density at radius 1 is 0.880 bits per heavy atom. The molecule has 0 spiro atoms. The van der Waals surface area contributed by atoms with Crippen molar-refractivity contribution in [2.24, 2.45) is 5.73 Å². The zero-order chi connectivity index (χ0) is 17.6. The number of carbonyl (C=O) groups excluding carboxylic acids is 2. The van der Waals surface area contributed by atoms with Gasteiger partial charge in [-0.15, -0.1) is 0 Å². The highest BCUT2D eigenvalue weighted by molar-refractivity contribution is 6.00. The van der Waals surface area contributed by atoms with Gasteiger partial charge in [-0.25, -0.2) is 0 Å². The van der Waals surface area contributed by atoms with E-state index in [1.54, 1.807) is 6.07 Å². The molecule has 25 heavy (non-hydrogen) atoms. The zero-order valence-electron chi connectivity index (χ0n) is 13.9. The van der Waals surface area contributed by atoms with Gasteiger partial charge in [0.05, 0.1) is 6.42 Å². The van der Waals surface area contributed by atoms with Crippen LogP contribution in [0.15, 0.2) is 66.7 Å². The van der Waals surface area contributed by atoms with Crippen LogP contribution in [0.25, 0.3) is 10.8 Å². The maximum absolute atomic E-state index is 12.1. The zero-order valence-corrected chi connectivity index (χ0v) is 13.9. The van der Waals surface area contributed by atoms with Crippen LogP contribution in [0.2, 0.25) is 0 Å². The van der Waals surface area contributed by atoms with Crippen LogP contribution in [0.1, 0.15) is 21.5 Å². The Hall–Kier alpha value is -3.14. The number of fused-ring (bicyclic) bond motifs is 1. The number of nitrogens with one attached hydrogen (secondary N) is 1. The van der Waals surface area contributed by atoms with Gasteiger partial charge in [0, 0.05) is 12.1 Å². The van der Waals surface area contributed by atoms with Gasteiger partial charge in [-0.1, -0.05) is 60.7 Å². The Morgan fingerprint density at radius 2 is 1.60 bits per heavy atom. The largest absolute Gasteiger partial charge is 0.366 e. The van der Waals surface area contributed by atoms with Crippen molar-refractivity contribution in [2.75, 3.05) is 6.54 Å². The number of nitrogens with two attached hydrogens (primary N) is 1. The van der Waals surface area contributed by atoms with E-state index < -0.39 is 5.91 Å². The average Bonchev–Trinajstić information content (AvgIpc) is 2.62. The lowest BCUT2D eigenvalue weighted by Crippen LogP contribution is -2.28. The van der Waals surface area contributed by atoms with Gasteiger partial charge in [-0.2, -0.15) is 0 Å². The number of carbonyl (C=O) groups is 2. The standard InChI is InChI=1S/C21H20N2O2/c22-21(25)19-11-10-16-8-4-5-9-17(16)18(19)12-13-23-20(24)14-15-6-2-1-3-7-15/h1-11H,12-14H2,(H2,22,25)(H,23,24). The molecule has 0 heterocycles. The molecule has 0 bridgehead atoms. The number of hydrogen-bond donors (Lipinski definition) is 2. The molecular formula is C21H20N2O2. The number of amides is 2. The lowest BCUT2D eigenvalue weighted by Gasteiger charge is -2.12. The van der Waals surface area contributed by atoms with Crippen molar-refractivity contribution in [1.29, 1.82) is 0 Å². The van der Waals surface area contributed by atoms with Crippen LogP contribution in [-0.4, -0.2) is 18.4 Å². The first-order valence-electron chi connectivity index (χ1n) is 8.26. The normalized spacial score (nSPS) is 10.6. The van der Waals surface area contributed by atoms with Crippen LogP contribution >= 0.6 is 0 Å². The third kappa shape index (κ3) is 4.04. The minimum Gasteiger partial charge on any atom is -0.366 e. The first-order valence-corrected chi connectivity index (χ1v) is 8.26. The van der Waals surface area contributed by atoms with E-state index in [2.05, 4.69) is 5.32 Å². The monoisotopic (exact) mass is 332 g/mol. The highest BCUT2D eigenvalue weighted by Crippen LogP contribution is 2.22. The highest BCUT2D eigenvalue weighted by Gasteiger charge is 2.12.